The van der Waals surface area contributed by atoms with E-state index in [2.05, 4.69) is 41.0 Å². The second-order valence-corrected chi connectivity index (χ2v) is 7.33. The number of benzene rings is 1. The number of halogens is 1. The van der Waals surface area contributed by atoms with Crippen LogP contribution in [0.2, 0.25) is 0 Å². The van der Waals surface area contributed by atoms with Crippen LogP contribution in [0.3, 0.4) is 0 Å². The zero-order valence-corrected chi connectivity index (χ0v) is 14.9. The summed E-state index contributed by atoms with van der Waals surface area (Å²) in [5, 5.41) is 6.23. The Morgan fingerprint density at radius 3 is 2.55 bits per heavy atom. The van der Waals surface area contributed by atoms with Crippen LogP contribution in [0, 0.1) is 0 Å². The van der Waals surface area contributed by atoms with E-state index < -0.39 is 0 Å². The monoisotopic (exact) mass is 342 g/mol. The summed E-state index contributed by atoms with van der Waals surface area (Å²) in [4.78, 5) is 13.2. The van der Waals surface area contributed by atoms with Gasteiger partial charge in [0.1, 0.15) is 0 Å². The van der Waals surface area contributed by atoms with Crippen LogP contribution in [0.25, 0.3) is 0 Å². The number of hydrogen-bond donors (Lipinski definition) is 2. The Morgan fingerprint density at radius 1 is 1.23 bits per heavy atom. The second-order valence-electron chi connectivity index (χ2n) is 5.79. The highest BCUT2D eigenvalue weighted by Gasteiger charge is 2.35. The predicted octanol–water partition coefficient (Wildman–Crippen LogP) is 3.63. The predicted molar refractivity (Wildman–Crippen MR) is 96.9 cm³/mol. The zero-order chi connectivity index (χ0) is 15.0. The number of amides is 1. The molecule has 0 bridgehead atoms. The lowest BCUT2D eigenvalue weighted by Crippen LogP contribution is -2.38. The molecule has 5 heteroatoms. The van der Waals surface area contributed by atoms with Crippen LogP contribution in [0.1, 0.15) is 38.5 Å². The average molecular weight is 343 g/mol. The lowest BCUT2D eigenvalue weighted by atomic mass is 10.1. The highest BCUT2D eigenvalue weighted by Crippen LogP contribution is 2.44. The van der Waals surface area contributed by atoms with Gasteiger partial charge >= 0.3 is 0 Å². The zero-order valence-electron chi connectivity index (χ0n) is 13.3. The Balaban J connectivity index is 0.00000242. The molecule has 1 saturated carbocycles. The Hall–Kier alpha value is -0.710. The summed E-state index contributed by atoms with van der Waals surface area (Å²) in [6.07, 6.45) is 6.46. The Morgan fingerprint density at radius 2 is 1.91 bits per heavy atom. The first-order valence-electron chi connectivity index (χ1n) is 7.89. The maximum absolute atomic E-state index is 11.9. The number of rotatable bonds is 8. The molecule has 2 N–H and O–H groups in total. The summed E-state index contributed by atoms with van der Waals surface area (Å²) in [7, 11) is 1.92. The molecule has 0 aromatic heterocycles. The fourth-order valence-corrected chi connectivity index (χ4v) is 4.28. The van der Waals surface area contributed by atoms with Crippen LogP contribution in [0.15, 0.2) is 35.2 Å². The first-order chi connectivity index (χ1) is 10.2. The van der Waals surface area contributed by atoms with Crippen molar-refractivity contribution in [2.75, 3.05) is 20.1 Å². The Kier molecular flexibility index (Phi) is 8.91. The Labute approximate surface area is 144 Å². The third-order valence-corrected chi connectivity index (χ3v) is 5.52. The molecule has 1 aromatic rings. The van der Waals surface area contributed by atoms with Crippen molar-refractivity contribution in [3.63, 3.8) is 0 Å². The molecule has 0 atom stereocenters. The van der Waals surface area contributed by atoms with Gasteiger partial charge in [-0.25, -0.2) is 0 Å². The molecular weight excluding hydrogens is 316 g/mol. The second kappa shape index (κ2) is 10.1. The van der Waals surface area contributed by atoms with E-state index in [1.54, 1.807) is 0 Å². The van der Waals surface area contributed by atoms with Crippen molar-refractivity contribution < 1.29 is 4.79 Å². The van der Waals surface area contributed by atoms with Crippen LogP contribution in [0.4, 0.5) is 0 Å². The highest BCUT2D eigenvalue weighted by atomic mass is 35.5. The number of hydrogen-bond acceptors (Lipinski definition) is 3. The van der Waals surface area contributed by atoms with Crippen LogP contribution >= 0.6 is 24.2 Å². The van der Waals surface area contributed by atoms with Crippen LogP contribution in [0.5, 0.6) is 0 Å². The van der Waals surface area contributed by atoms with Gasteiger partial charge in [0.25, 0.3) is 0 Å². The molecule has 0 heterocycles. The van der Waals surface area contributed by atoms with E-state index in [-0.39, 0.29) is 23.1 Å². The molecule has 1 aliphatic rings. The molecule has 0 unspecified atom stereocenters. The summed E-state index contributed by atoms with van der Waals surface area (Å²) < 4.78 is 0.194. The fourth-order valence-electron chi connectivity index (χ4n) is 2.85. The smallest absolute Gasteiger partial charge is 0.220 e. The van der Waals surface area contributed by atoms with E-state index >= 15 is 0 Å². The minimum absolute atomic E-state index is 0. The normalized spacial score (nSPS) is 16.0. The van der Waals surface area contributed by atoms with E-state index in [4.69, 9.17) is 0 Å². The van der Waals surface area contributed by atoms with Crippen LogP contribution < -0.4 is 10.6 Å². The Bertz CT molecular complexity index is 436. The molecule has 1 amide bonds. The van der Waals surface area contributed by atoms with Crippen molar-refractivity contribution in [1.29, 1.82) is 0 Å². The number of nitrogens with one attached hydrogen (secondary N) is 2. The molecular formula is C17H27ClN2OS. The van der Waals surface area contributed by atoms with Gasteiger partial charge in [-0.15, -0.1) is 24.2 Å². The minimum atomic E-state index is 0. The van der Waals surface area contributed by atoms with Gasteiger partial charge in [-0.3, -0.25) is 4.79 Å². The summed E-state index contributed by atoms with van der Waals surface area (Å²) in [5.74, 6) is 0.185. The van der Waals surface area contributed by atoms with Crippen molar-refractivity contribution in [2.24, 2.45) is 0 Å². The minimum Gasteiger partial charge on any atom is -0.355 e. The number of thioether (sulfide) groups is 1. The van der Waals surface area contributed by atoms with Crippen molar-refractivity contribution in [3.8, 4) is 0 Å². The number of carbonyl (C=O) groups is 1. The average Bonchev–Trinajstić information content (AvgIpc) is 2.95. The maximum Gasteiger partial charge on any atom is 0.220 e. The third-order valence-electron chi connectivity index (χ3n) is 4.03. The van der Waals surface area contributed by atoms with Gasteiger partial charge in [0.05, 0.1) is 0 Å². The summed E-state index contributed by atoms with van der Waals surface area (Å²) >= 11 is 1.94. The SMILES string of the molecule is CNCCCC(=O)NCC1(Sc2ccccc2)CCCC1.Cl. The molecule has 1 fully saturated rings. The third kappa shape index (κ3) is 6.19. The summed E-state index contributed by atoms with van der Waals surface area (Å²) in [6, 6.07) is 10.6. The van der Waals surface area contributed by atoms with Gasteiger partial charge in [0.15, 0.2) is 0 Å². The molecule has 0 spiro atoms. The number of carbonyl (C=O) groups excluding carboxylic acids is 1. The van der Waals surface area contributed by atoms with Crippen LogP contribution in [-0.2, 0) is 4.79 Å². The van der Waals surface area contributed by atoms with Crippen molar-refractivity contribution in [3.05, 3.63) is 30.3 Å². The fraction of sp³-hybridized carbons (Fsp3) is 0.588. The topological polar surface area (TPSA) is 41.1 Å². The van der Waals surface area contributed by atoms with Gasteiger partial charge in [-0.05, 0) is 45.0 Å². The van der Waals surface area contributed by atoms with E-state index in [1.165, 1.54) is 30.6 Å². The molecule has 0 saturated heterocycles. The van der Waals surface area contributed by atoms with Crippen LogP contribution in [-0.4, -0.2) is 30.8 Å². The van der Waals surface area contributed by atoms with Crippen molar-refractivity contribution in [1.82, 2.24) is 10.6 Å². The lowest BCUT2D eigenvalue weighted by Gasteiger charge is -2.28. The molecule has 3 nitrogen and oxygen atoms in total. The highest BCUT2D eigenvalue weighted by molar-refractivity contribution is 8.00. The van der Waals surface area contributed by atoms with Gasteiger partial charge in [-0.1, -0.05) is 31.0 Å². The quantitative estimate of drug-likeness (QED) is 0.709. The lowest BCUT2D eigenvalue weighted by molar-refractivity contribution is -0.121. The largest absolute Gasteiger partial charge is 0.355 e. The molecule has 2 rings (SSSR count). The first-order valence-corrected chi connectivity index (χ1v) is 8.71. The van der Waals surface area contributed by atoms with Crippen molar-refractivity contribution >= 4 is 30.1 Å². The maximum atomic E-state index is 11.9. The molecule has 124 valence electrons. The van der Waals surface area contributed by atoms with E-state index in [1.807, 2.05) is 18.8 Å². The summed E-state index contributed by atoms with van der Waals surface area (Å²) in [5.41, 5.74) is 0. The molecule has 1 aromatic carbocycles. The van der Waals surface area contributed by atoms with Crippen molar-refractivity contribution in [2.45, 2.75) is 48.2 Å². The van der Waals surface area contributed by atoms with Gasteiger partial charge in [-0.2, -0.15) is 0 Å². The van der Waals surface area contributed by atoms with Gasteiger partial charge in [0.2, 0.25) is 5.91 Å². The standard InChI is InChI=1S/C17H26N2OS.ClH/c1-18-13-7-10-16(20)19-14-17(11-5-6-12-17)21-15-8-3-2-4-9-15;/h2-4,8-9,18H,5-7,10-14H2,1H3,(H,19,20);1H. The van der Waals surface area contributed by atoms with Gasteiger partial charge < -0.3 is 10.6 Å². The van der Waals surface area contributed by atoms with E-state index in [0.717, 1.165) is 19.5 Å². The molecule has 0 aliphatic heterocycles. The van der Waals surface area contributed by atoms with Gasteiger partial charge in [0, 0.05) is 22.6 Å². The molecule has 1 aliphatic carbocycles. The molecule has 22 heavy (non-hydrogen) atoms. The summed E-state index contributed by atoms with van der Waals surface area (Å²) in [6.45, 7) is 1.70. The first kappa shape index (κ1) is 19.3. The van der Waals surface area contributed by atoms with E-state index in [0.29, 0.717) is 6.42 Å². The molecule has 0 radical (unpaired) electrons. The van der Waals surface area contributed by atoms with E-state index in [9.17, 15) is 4.79 Å².